The zero-order valence-corrected chi connectivity index (χ0v) is 11.8. The van der Waals surface area contributed by atoms with Gasteiger partial charge in [0, 0.05) is 17.1 Å². The number of nitrogens with one attached hydrogen (secondary N) is 1. The summed E-state index contributed by atoms with van der Waals surface area (Å²) in [6.07, 6.45) is 0. The molecule has 2 rings (SSSR count). The zero-order chi connectivity index (χ0) is 13.5. The van der Waals surface area contributed by atoms with Crippen LogP contribution in [0.2, 0.25) is 5.02 Å². The van der Waals surface area contributed by atoms with Crippen LogP contribution in [0.5, 0.6) is 5.75 Å². The van der Waals surface area contributed by atoms with Gasteiger partial charge in [-0.2, -0.15) is 0 Å². The number of halogens is 1. The summed E-state index contributed by atoms with van der Waals surface area (Å²) in [6, 6.07) is 15.9. The van der Waals surface area contributed by atoms with Crippen LogP contribution >= 0.6 is 11.6 Å². The van der Waals surface area contributed by atoms with E-state index in [0.717, 1.165) is 35.0 Å². The molecule has 0 amide bonds. The van der Waals surface area contributed by atoms with Crippen molar-refractivity contribution in [3.63, 3.8) is 0 Å². The molecule has 2 nitrogen and oxygen atoms in total. The second kappa shape index (κ2) is 7.17. The number of ether oxygens (including phenoxy) is 1. The van der Waals surface area contributed by atoms with Crippen molar-refractivity contribution in [1.82, 2.24) is 5.32 Å². The molecule has 0 unspecified atom stereocenters. The summed E-state index contributed by atoms with van der Waals surface area (Å²) in [7, 11) is 0. The molecule has 0 radical (unpaired) electrons. The Morgan fingerprint density at radius 2 is 1.89 bits per heavy atom. The Hall–Kier alpha value is -1.51. The summed E-state index contributed by atoms with van der Waals surface area (Å²) in [5, 5.41) is 4.03. The summed E-state index contributed by atoms with van der Waals surface area (Å²) >= 11 is 6.03. The number of hydrogen-bond acceptors (Lipinski definition) is 2. The van der Waals surface area contributed by atoms with Gasteiger partial charge in [-0.25, -0.2) is 0 Å². The van der Waals surface area contributed by atoms with Crippen LogP contribution in [0.1, 0.15) is 18.1 Å². The first kappa shape index (κ1) is 13.9. The molecule has 3 heteroatoms. The molecule has 1 N–H and O–H groups in total. The molecule has 0 atom stereocenters. The van der Waals surface area contributed by atoms with Gasteiger partial charge in [-0.15, -0.1) is 0 Å². The first-order valence-electron chi connectivity index (χ1n) is 6.45. The topological polar surface area (TPSA) is 21.3 Å². The van der Waals surface area contributed by atoms with E-state index in [1.165, 1.54) is 0 Å². The normalized spacial score (nSPS) is 10.4. The molecule has 0 aliphatic heterocycles. The van der Waals surface area contributed by atoms with Crippen LogP contribution in [0.15, 0.2) is 48.5 Å². The molecular weight excluding hydrogens is 258 g/mol. The maximum Gasteiger partial charge on any atom is 0.124 e. The highest BCUT2D eigenvalue weighted by Crippen LogP contribution is 2.23. The van der Waals surface area contributed by atoms with Gasteiger partial charge in [0.2, 0.25) is 0 Å². The largest absolute Gasteiger partial charge is 0.489 e. The van der Waals surface area contributed by atoms with Crippen LogP contribution in [0.4, 0.5) is 0 Å². The third-order valence-electron chi connectivity index (χ3n) is 2.83. The van der Waals surface area contributed by atoms with Gasteiger partial charge in [-0.1, -0.05) is 48.9 Å². The van der Waals surface area contributed by atoms with Crippen LogP contribution in [-0.2, 0) is 13.2 Å². The molecule has 0 fully saturated rings. The smallest absolute Gasteiger partial charge is 0.124 e. The maximum atomic E-state index is 6.03. The van der Waals surface area contributed by atoms with E-state index in [9.17, 15) is 0 Å². The molecule has 0 bridgehead atoms. The van der Waals surface area contributed by atoms with Crippen molar-refractivity contribution in [1.29, 1.82) is 0 Å². The Labute approximate surface area is 119 Å². The molecular formula is C16H18ClNO. The molecule has 0 aliphatic rings. The van der Waals surface area contributed by atoms with Gasteiger partial charge < -0.3 is 10.1 Å². The summed E-state index contributed by atoms with van der Waals surface area (Å²) in [4.78, 5) is 0. The van der Waals surface area contributed by atoms with Gasteiger partial charge in [-0.3, -0.25) is 0 Å². The monoisotopic (exact) mass is 275 g/mol. The summed E-state index contributed by atoms with van der Waals surface area (Å²) in [5.41, 5.74) is 2.25. The van der Waals surface area contributed by atoms with E-state index in [4.69, 9.17) is 16.3 Å². The van der Waals surface area contributed by atoms with Crippen molar-refractivity contribution in [3.8, 4) is 5.75 Å². The van der Waals surface area contributed by atoms with E-state index in [1.54, 1.807) is 0 Å². The van der Waals surface area contributed by atoms with Crippen LogP contribution in [0.25, 0.3) is 0 Å². The van der Waals surface area contributed by atoms with E-state index < -0.39 is 0 Å². The fourth-order valence-electron chi connectivity index (χ4n) is 1.82. The van der Waals surface area contributed by atoms with Crippen molar-refractivity contribution >= 4 is 11.6 Å². The number of hydrogen-bond donors (Lipinski definition) is 1. The quantitative estimate of drug-likeness (QED) is 0.859. The fourth-order valence-corrected chi connectivity index (χ4v) is 2.02. The van der Waals surface area contributed by atoms with Gasteiger partial charge in [0.1, 0.15) is 12.4 Å². The van der Waals surface area contributed by atoms with Gasteiger partial charge in [0.05, 0.1) is 0 Å². The second-order valence-corrected chi connectivity index (χ2v) is 4.74. The number of rotatable bonds is 6. The molecule has 0 aromatic heterocycles. The molecule has 2 aromatic rings. The SMILES string of the molecule is CCNCc1cc(Cl)ccc1OCc1ccccc1. The highest BCUT2D eigenvalue weighted by Gasteiger charge is 2.04. The summed E-state index contributed by atoms with van der Waals surface area (Å²) in [5.74, 6) is 0.884. The highest BCUT2D eigenvalue weighted by molar-refractivity contribution is 6.30. The first-order chi connectivity index (χ1) is 9.29. The Morgan fingerprint density at radius 3 is 2.63 bits per heavy atom. The standard InChI is InChI=1S/C16H18ClNO/c1-2-18-11-14-10-15(17)8-9-16(14)19-12-13-6-4-3-5-7-13/h3-10,18H,2,11-12H2,1H3. The van der Waals surface area contributed by atoms with E-state index in [0.29, 0.717) is 6.61 Å². The molecule has 19 heavy (non-hydrogen) atoms. The van der Waals surface area contributed by atoms with E-state index in [2.05, 4.69) is 24.4 Å². The van der Waals surface area contributed by atoms with Crippen LogP contribution in [-0.4, -0.2) is 6.54 Å². The van der Waals surface area contributed by atoms with Gasteiger partial charge >= 0.3 is 0 Å². The van der Waals surface area contributed by atoms with Crippen molar-refractivity contribution in [2.75, 3.05) is 6.54 Å². The van der Waals surface area contributed by atoms with Gasteiger partial charge in [-0.05, 0) is 30.3 Å². The average molecular weight is 276 g/mol. The minimum Gasteiger partial charge on any atom is -0.489 e. The van der Waals surface area contributed by atoms with Crippen molar-refractivity contribution < 1.29 is 4.74 Å². The lowest BCUT2D eigenvalue weighted by atomic mass is 10.2. The predicted molar refractivity (Wildman–Crippen MR) is 79.6 cm³/mol. The molecule has 100 valence electrons. The highest BCUT2D eigenvalue weighted by atomic mass is 35.5. The third-order valence-corrected chi connectivity index (χ3v) is 3.06. The van der Waals surface area contributed by atoms with E-state index >= 15 is 0 Å². The second-order valence-electron chi connectivity index (χ2n) is 4.31. The maximum absolute atomic E-state index is 6.03. The summed E-state index contributed by atoms with van der Waals surface area (Å²) in [6.45, 7) is 4.34. The van der Waals surface area contributed by atoms with E-state index in [1.807, 2.05) is 36.4 Å². The average Bonchev–Trinajstić information content (AvgIpc) is 2.45. The Balaban J connectivity index is 2.06. The molecule has 0 heterocycles. The lowest BCUT2D eigenvalue weighted by Crippen LogP contribution is -2.13. The molecule has 2 aromatic carbocycles. The van der Waals surface area contributed by atoms with Crippen LogP contribution < -0.4 is 10.1 Å². The zero-order valence-electron chi connectivity index (χ0n) is 11.0. The van der Waals surface area contributed by atoms with Gasteiger partial charge in [0.25, 0.3) is 0 Å². The molecule has 0 saturated heterocycles. The predicted octanol–water partition coefficient (Wildman–Crippen LogP) is 4.03. The lowest BCUT2D eigenvalue weighted by molar-refractivity contribution is 0.302. The van der Waals surface area contributed by atoms with Crippen LogP contribution in [0, 0.1) is 0 Å². The van der Waals surface area contributed by atoms with Crippen molar-refractivity contribution in [3.05, 3.63) is 64.7 Å². The minimum atomic E-state index is 0.571. The van der Waals surface area contributed by atoms with E-state index in [-0.39, 0.29) is 0 Å². The van der Waals surface area contributed by atoms with Crippen molar-refractivity contribution in [2.45, 2.75) is 20.1 Å². The first-order valence-corrected chi connectivity index (χ1v) is 6.83. The molecule has 0 saturated carbocycles. The molecule has 0 spiro atoms. The lowest BCUT2D eigenvalue weighted by Gasteiger charge is -2.12. The Morgan fingerprint density at radius 1 is 1.11 bits per heavy atom. The number of benzene rings is 2. The Bertz CT molecular complexity index is 513. The minimum absolute atomic E-state index is 0.571. The summed E-state index contributed by atoms with van der Waals surface area (Å²) < 4.78 is 5.88. The fraction of sp³-hybridized carbons (Fsp3) is 0.250. The van der Waals surface area contributed by atoms with Crippen LogP contribution in [0.3, 0.4) is 0 Å². The third kappa shape index (κ3) is 4.27. The Kier molecular flexibility index (Phi) is 5.25. The molecule has 0 aliphatic carbocycles. The van der Waals surface area contributed by atoms with Crippen molar-refractivity contribution in [2.24, 2.45) is 0 Å². The van der Waals surface area contributed by atoms with Gasteiger partial charge in [0.15, 0.2) is 0 Å².